The van der Waals surface area contributed by atoms with Crippen LogP contribution in [0, 0.1) is 11.3 Å². The molecule has 1 atom stereocenters. The fraction of sp³-hybridized carbons (Fsp3) is 0.212. The summed E-state index contributed by atoms with van der Waals surface area (Å²) in [5.41, 5.74) is 3.18. The van der Waals surface area contributed by atoms with Gasteiger partial charge in [-0.1, -0.05) is 57.6 Å². The fourth-order valence-electron chi connectivity index (χ4n) is 4.87. The second kappa shape index (κ2) is 13.3. The molecular weight excluding hydrogens is 646 g/mol. The number of esters is 1. The van der Waals surface area contributed by atoms with E-state index in [9.17, 15) is 9.59 Å². The van der Waals surface area contributed by atoms with Gasteiger partial charge in [0.2, 0.25) is 0 Å². The molecule has 0 radical (unpaired) electrons. The van der Waals surface area contributed by atoms with Gasteiger partial charge >= 0.3 is 5.97 Å². The molecule has 0 saturated carbocycles. The minimum Gasteiger partial charge on any atom is -0.493 e. The standard InChI is InChI=1S/C33H28BrN3O6S/c1-5-42-32(39)29-19(2)36-33-37(30(29)23-15-26(40-3)27(41-4)16-24(23)34)31(38)28(44-33)14-22-8-6-7-9-25(22)43-18-21-12-10-20(17-35)11-13-21/h6-16,30H,5,18H2,1-4H3/b28-14-/t30-/m1/s1. The molecule has 0 unspecified atom stereocenters. The number of thiazole rings is 1. The van der Waals surface area contributed by atoms with Gasteiger partial charge in [-0.05, 0) is 61.4 Å². The molecule has 0 N–H and O–H groups in total. The molecule has 0 spiro atoms. The second-order valence-electron chi connectivity index (χ2n) is 9.67. The van der Waals surface area contributed by atoms with E-state index in [4.69, 9.17) is 24.2 Å². The molecule has 11 heteroatoms. The van der Waals surface area contributed by atoms with E-state index in [-0.39, 0.29) is 24.3 Å². The summed E-state index contributed by atoms with van der Waals surface area (Å²) in [4.78, 5) is 32.6. The van der Waals surface area contributed by atoms with Crippen molar-refractivity contribution in [2.24, 2.45) is 4.99 Å². The average molecular weight is 675 g/mol. The average Bonchev–Trinajstić information content (AvgIpc) is 3.33. The van der Waals surface area contributed by atoms with Crippen LogP contribution < -0.4 is 29.1 Å². The number of hydrogen-bond donors (Lipinski definition) is 0. The number of aromatic nitrogens is 1. The highest BCUT2D eigenvalue weighted by Gasteiger charge is 2.35. The molecule has 0 saturated heterocycles. The Labute approximate surface area is 266 Å². The Morgan fingerprint density at radius 2 is 1.80 bits per heavy atom. The van der Waals surface area contributed by atoms with Crippen LogP contribution in [0.1, 0.15) is 42.1 Å². The number of fused-ring (bicyclic) bond motifs is 1. The first kappa shape index (κ1) is 30.8. The molecule has 1 aliphatic heterocycles. The van der Waals surface area contributed by atoms with Crippen LogP contribution in [0.3, 0.4) is 0 Å². The molecule has 44 heavy (non-hydrogen) atoms. The molecule has 5 rings (SSSR count). The topological polar surface area (TPSA) is 112 Å². The van der Waals surface area contributed by atoms with Gasteiger partial charge in [0.15, 0.2) is 16.3 Å². The molecule has 0 fully saturated rings. The summed E-state index contributed by atoms with van der Waals surface area (Å²) in [6, 6.07) is 19.3. The van der Waals surface area contributed by atoms with Crippen molar-refractivity contribution in [2.45, 2.75) is 26.5 Å². The van der Waals surface area contributed by atoms with Crippen molar-refractivity contribution in [3.8, 4) is 23.3 Å². The molecule has 224 valence electrons. The first-order valence-electron chi connectivity index (χ1n) is 13.6. The van der Waals surface area contributed by atoms with Crippen LogP contribution in [0.25, 0.3) is 6.08 Å². The molecule has 1 aliphatic rings. The van der Waals surface area contributed by atoms with Crippen molar-refractivity contribution in [3.63, 3.8) is 0 Å². The summed E-state index contributed by atoms with van der Waals surface area (Å²) >= 11 is 4.84. The van der Waals surface area contributed by atoms with E-state index in [2.05, 4.69) is 27.0 Å². The number of halogens is 1. The van der Waals surface area contributed by atoms with Gasteiger partial charge in [-0.2, -0.15) is 5.26 Å². The fourth-order valence-corrected chi connectivity index (χ4v) is 6.45. The van der Waals surface area contributed by atoms with Gasteiger partial charge in [0.25, 0.3) is 5.56 Å². The molecule has 0 bridgehead atoms. The number of rotatable bonds is 9. The van der Waals surface area contributed by atoms with E-state index in [1.807, 2.05) is 36.4 Å². The third-order valence-corrected chi connectivity index (χ3v) is 8.67. The van der Waals surface area contributed by atoms with Gasteiger partial charge in [-0.25, -0.2) is 9.79 Å². The minimum absolute atomic E-state index is 0.166. The number of ether oxygens (including phenoxy) is 4. The van der Waals surface area contributed by atoms with Crippen LogP contribution in [-0.4, -0.2) is 31.4 Å². The van der Waals surface area contributed by atoms with E-state index in [0.717, 1.165) is 5.56 Å². The van der Waals surface area contributed by atoms with Gasteiger partial charge in [0, 0.05) is 10.0 Å². The zero-order valence-corrected chi connectivity index (χ0v) is 26.8. The second-order valence-corrected chi connectivity index (χ2v) is 11.5. The zero-order valence-electron chi connectivity index (χ0n) is 24.4. The number of allylic oxidation sites excluding steroid dienone is 1. The number of hydrogen-bond acceptors (Lipinski definition) is 9. The van der Waals surface area contributed by atoms with Gasteiger partial charge < -0.3 is 18.9 Å². The number of carbonyl (C=O) groups is 1. The Bertz CT molecular complexity index is 1990. The monoisotopic (exact) mass is 673 g/mol. The van der Waals surface area contributed by atoms with Crippen molar-refractivity contribution in [1.29, 1.82) is 5.26 Å². The van der Waals surface area contributed by atoms with E-state index in [1.54, 1.807) is 44.2 Å². The van der Waals surface area contributed by atoms with Crippen LogP contribution in [0.4, 0.5) is 0 Å². The third-order valence-electron chi connectivity index (χ3n) is 7.00. The quantitative estimate of drug-likeness (QED) is 0.229. The van der Waals surface area contributed by atoms with Crippen LogP contribution in [0.15, 0.2) is 86.2 Å². The molecule has 3 aromatic carbocycles. The van der Waals surface area contributed by atoms with E-state index in [1.165, 1.54) is 30.1 Å². The normalized spacial score (nSPS) is 14.4. The highest BCUT2D eigenvalue weighted by molar-refractivity contribution is 9.10. The van der Waals surface area contributed by atoms with Crippen molar-refractivity contribution in [2.75, 3.05) is 20.8 Å². The van der Waals surface area contributed by atoms with Gasteiger partial charge in [-0.3, -0.25) is 9.36 Å². The first-order chi connectivity index (χ1) is 21.3. The maximum Gasteiger partial charge on any atom is 0.338 e. The van der Waals surface area contributed by atoms with Crippen molar-refractivity contribution < 1.29 is 23.7 Å². The number of nitrogens with zero attached hydrogens (tertiary/aromatic N) is 3. The predicted octanol–water partition coefficient (Wildman–Crippen LogP) is 5.03. The number of methoxy groups -OCH3 is 2. The number of para-hydroxylation sites is 1. The Hall–Kier alpha value is -4.66. The Morgan fingerprint density at radius 1 is 1.09 bits per heavy atom. The lowest BCUT2D eigenvalue weighted by atomic mass is 9.95. The van der Waals surface area contributed by atoms with Crippen LogP contribution >= 0.6 is 27.3 Å². The molecule has 0 aliphatic carbocycles. The smallest absolute Gasteiger partial charge is 0.338 e. The minimum atomic E-state index is -0.843. The summed E-state index contributed by atoms with van der Waals surface area (Å²) < 4.78 is 25.1. The van der Waals surface area contributed by atoms with Crippen LogP contribution in [-0.2, 0) is 16.1 Å². The zero-order chi connectivity index (χ0) is 31.4. The largest absolute Gasteiger partial charge is 0.493 e. The molecule has 9 nitrogen and oxygen atoms in total. The lowest BCUT2D eigenvalue weighted by Crippen LogP contribution is -2.40. The van der Waals surface area contributed by atoms with Crippen molar-refractivity contribution in [1.82, 2.24) is 4.57 Å². The number of carbonyl (C=O) groups excluding carboxylic acids is 1. The van der Waals surface area contributed by atoms with E-state index >= 15 is 0 Å². The van der Waals surface area contributed by atoms with Gasteiger partial charge in [0.1, 0.15) is 12.4 Å². The Balaban J connectivity index is 1.63. The lowest BCUT2D eigenvalue weighted by Gasteiger charge is -2.26. The summed E-state index contributed by atoms with van der Waals surface area (Å²) in [6.45, 7) is 3.91. The predicted molar refractivity (Wildman–Crippen MR) is 170 cm³/mol. The number of nitriles is 1. The molecular formula is C33H28BrN3O6S. The summed E-state index contributed by atoms with van der Waals surface area (Å²) in [6.07, 6.45) is 1.77. The van der Waals surface area contributed by atoms with Crippen LogP contribution in [0.5, 0.6) is 17.2 Å². The summed E-state index contributed by atoms with van der Waals surface area (Å²) in [5.74, 6) is 0.965. The molecule has 0 amide bonds. The summed E-state index contributed by atoms with van der Waals surface area (Å²) in [5, 5.41) is 9.06. The molecule has 4 aromatic rings. The Morgan fingerprint density at radius 3 is 2.48 bits per heavy atom. The highest BCUT2D eigenvalue weighted by Crippen LogP contribution is 2.40. The summed E-state index contributed by atoms with van der Waals surface area (Å²) in [7, 11) is 3.06. The van der Waals surface area contributed by atoms with Crippen LogP contribution in [0.2, 0.25) is 0 Å². The van der Waals surface area contributed by atoms with E-state index in [0.29, 0.717) is 53.4 Å². The first-order valence-corrected chi connectivity index (χ1v) is 15.2. The highest BCUT2D eigenvalue weighted by atomic mass is 79.9. The lowest BCUT2D eigenvalue weighted by molar-refractivity contribution is -0.139. The van der Waals surface area contributed by atoms with Gasteiger partial charge in [-0.15, -0.1) is 0 Å². The Kier molecular flexibility index (Phi) is 9.32. The van der Waals surface area contributed by atoms with Crippen molar-refractivity contribution in [3.05, 3.63) is 118 Å². The molecule has 1 aromatic heterocycles. The maximum atomic E-state index is 14.1. The maximum absolute atomic E-state index is 14.1. The van der Waals surface area contributed by atoms with Crippen molar-refractivity contribution >= 4 is 39.3 Å². The van der Waals surface area contributed by atoms with E-state index < -0.39 is 12.0 Å². The number of benzene rings is 3. The third kappa shape index (κ3) is 6.04. The molecule has 2 heterocycles. The van der Waals surface area contributed by atoms with Gasteiger partial charge in [0.05, 0.1) is 54.3 Å². The SMILES string of the molecule is CCOC(=O)C1=C(C)N=c2s/c(=C\c3ccccc3OCc3ccc(C#N)cc3)c(=O)n2[C@@H]1c1cc(OC)c(OC)cc1Br.